The normalized spacial score (nSPS) is 17.7. The lowest BCUT2D eigenvalue weighted by Gasteiger charge is -2.41. The molecular weight excluding hydrogens is 1130 g/mol. The van der Waals surface area contributed by atoms with Gasteiger partial charge in [0, 0.05) is 98.8 Å². The molecular formula is C63H90F2N10O12. The van der Waals surface area contributed by atoms with Crippen molar-refractivity contribution in [1.29, 1.82) is 0 Å². The number of carbonyl (C=O) groups is 10. The van der Waals surface area contributed by atoms with E-state index in [0.29, 0.717) is 62.7 Å². The van der Waals surface area contributed by atoms with Crippen LogP contribution in [-0.4, -0.2) is 141 Å². The van der Waals surface area contributed by atoms with Crippen molar-refractivity contribution in [3.05, 3.63) is 83.7 Å². The highest BCUT2D eigenvalue weighted by atomic mass is 19.1. The summed E-state index contributed by atoms with van der Waals surface area (Å²) in [7, 11) is 0. The molecule has 1 aliphatic carbocycles. The van der Waals surface area contributed by atoms with Crippen molar-refractivity contribution in [2.24, 2.45) is 40.6 Å². The molecule has 0 spiro atoms. The Balaban J connectivity index is 1.10. The predicted molar refractivity (Wildman–Crippen MR) is 320 cm³/mol. The number of likely N-dealkylation sites (tertiary alicyclic amines) is 1. The molecule has 1 saturated carbocycles. The molecule has 11 N–H and O–H groups in total. The Morgan fingerprint density at radius 1 is 0.839 bits per heavy atom. The van der Waals surface area contributed by atoms with Crippen LogP contribution in [0.25, 0.3) is 11.1 Å². The van der Waals surface area contributed by atoms with Crippen LogP contribution in [0.3, 0.4) is 0 Å². The molecule has 24 heteroatoms. The van der Waals surface area contributed by atoms with Gasteiger partial charge in [0.25, 0.3) is 0 Å². The third-order valence-electron chi connectivity index (χ3n) is 16.2. The fraction of sp³-hybridized carbons (Fsp3) is 0.587. The van der Waals surface area contributed by atoms with E-state index < -0.39 is 95.2 Å². The average molecular weight is 1220 g/mol. The van der Waals surface area contributed by atoms with Gasteiger partial charge >= 0.3 is 12.0 Å². The van der Waals surface area contributed by atoms with E-state index in [2.05, 4.69) is 26.6 Å². The summed E-state index contributed by atoms with van der Waals surface area (Å²) in [5.41, 5.74) is 12.9. The number of aliphatic hydroxyl groups excluding tert-OH is 1. The molecule has 2 aromatic carbocycles. The molecule has 1 aromatic heterocycles. The van der Waals surface area contributed by atoms with E-state index in [1.54, 1.807) is 33.0 Å². The Morgan fingerprint density at radius 2 is 1.55 bits per heavy atom. The van der Waals surface area contributed by atoms with Crippen LogP contribution in [0.2, 0.25) is 0 Å². The van der Waals surface area contributed by atoms with E-state index in [-0.39, 0.29) is 125 Å². The second-order valence-electron chi connectivity index (χ2n) is 24.6. The average Bonchev–Trinajstić information content (AvgIpc) is 1.76. The number of hydrogen-bond acceptors (Lipinski definition) is 12. The molecule has 2 aliphatic rings. The number of carboxylic acid groups (broad SMARTS) is 1. The molecule has 1 aliphatic heterocycles. The summed E-state index contributed by atoms with van der Waals surface area (Å²) in [6.45, 7) is 10.9. The van der Waals surface area contributed by atoms with Gasteiger partial charge in [-0.2, -0.15) is 0 Å². The molecule has 5 rings (SSSR count). The predicted octanol–water partition coefficient (Wildman–Crippen LogP) is 5.37. The second kappa shape index (κ2) is 33.5. The number of primary amides is 1. The van der Waals surface area contributed by atoms with Crippen molar-refractivity contribution < 1.29 is 66.9 Å². The standard InChI is InChI=1S/C63H90F2N10O12/c1-38(2)55(72-52(78)20-11-8-14-28-75-53(79)30-39(3)60(75)84)51(77)33-41(18-15-27-69-62(67)87)58(82)71-49(61(85)86)19-12-13-26-68-57(81)42-21-23-45(31-42)70-59(83)48(66)25-29-74(54(80)37-76)56(63(4,5)6)50-32-43(46-34-44(64)22-24-47(46)65)36-73(50)35-40-16-9-7-10-17-40/h7,9-10,16-17,22,24,32,34,36,38-39,41-42,45,48-49,55-56,76H,8,11-15,18-21,23,25-31,33,35,37,66H2,1-6H3,(H,68,81)(H,70,83)(H,71,82)(H,72,78)(H,85,86)(H3,67,69,87)/t39?,41-,42-,45+,48+,49+,55+,56+/m1/s1. The summed E-state index contributed by atoms with van der Waals surface area (Å²) in [5.74, 6) is -8.02. The summed E-state index contributed by atoms with van der Waals surface area (Å²) in [6, 6.07) is 9.08. The van der Waals surface area contributed by atoms with E-state index in [1.807, 2.05) is 55.7 Å². The van der Waals surface area contributed by atoms with Crippen LogP contribution < -0.4 is 38.1 Å². The number of rotatable bonds is 35. The summed E-state index contributed by atoms with van der Waals surface area (Å²) in [5, 5.41) is 34.0. The topological polar surface area (TPSA) is 335 Å². The van der Waals surface area contributed by atoms with Crippen molar-refractivity contribution in [2.45, 2.75) is 175 Å². The lowest BCUT2D eigenvalue weighted by atomic mass is 9.82. The van der Waals surface area contributed by atoms with E-state index in [0.717, 1.165) is 23.8 Å². The maximum absolute atomic E-state index is 15.2. The maximum Gasteiger partial charge on any atom is 0.326 e. The Morgan fingerprint density at radius 3 is 2.20 bits per heavy atom. The number of hydrogen-bond donors (Lipinski definition) is 9. The van der Waals surface area contributed by atoms with E-state index >= 15 is 4.39 Å². The number of nitrogens with two attached hydrogens (primary N) is 2. The number of urea groups is 1. The zero-order valence-corrected chi connectivity index (χ0v) is 51.0. The van der Waals surface area contributed by atoms with Gasteiger partial charge in [0.2, 0.25) is 41.4 Å². The number of benzene rings is 2. The van der Waals surface area contributed by atoms with Crippen molar-refractivity contribution in [3.8, 4) is 11.1 Å². The first-order valence-electron chi connectivity index (χ1n) is 30.3. The van der Waals surface area contributed by atoms with E-state index in [1.165, 1.54) is 9.80 Å². The number of ketones is 1. The lowest BCUT2D eigenvalue weighted by molar-refractivity contribution is -0.143. The number of nitrogens with one attached hydrogen (secondary N) is 5. The van der Waals surface area contributed by atoms with Gasteiger partial charge in [0.1, 0.15) is 24.3 Å². The molecule has 2 heterocycles. The fourth-order valence-electron chi connectivity index (χ4n) is 11.5. The summed E-state index contributed by atoms with van der Waals surface area (Å²) in [4.78, 5) is 132. The Kier molecular flexibility index (Phi) is 27.0. The van der Waals surface area contributed by atoms with Crippen LogP contribution in [0.4, 0.5) is 13.6 Å². The molecule has 8 atom stereocenters. The molecule has 87 heavy (non-hydrogen) atoms. The molecule has 1 saturated heterocycles. The highest BCUT2D eigenvalue weighted by Crippen LogP contribution is 2.41. The van der Waals surface area contributed by atoms with Gasteiger partial charge in [-0.3, -0.25) is 43.3 Å². The number of aliphatic hydroxyl groups is 1. The van der Waals surface area contributed by atoms with Crippen molar-refractivity contribution in [1.82, 2.24) is 41.0 Å². The van der Waals surface area contributed by atoms with E-state index in [4.69, 9.17) is 11.5 Å². The van der Waals surface area contributed by atoms with Gasteiger partial charge in [-0.05, 0) is 112 Å². The molecule has 478 valence electrons. The number of unbranched alkanes of at least 4 members (excludes halogenated alkanes) is 3. The number of aromatic nitrogens is 1. The molecule has 9 amide bonds. The number of carbonyl (C=O) groups excluding carboxylic acids is 9. The first-order chi connectivity index (χ1) is 41.2. The molecule has 0 bridgehead atoms. The number of aliphatic carboxylic acids is 1. The first kappa shape index (κ1) is 70.2. The van der Waals surface area contributed by atoms with Crippen molar-refractivity contribution in [2.75, 3.05) is 32.8 Å². The summed E-state index contributed by atoms with van der Waals surface area (Å²) >= 11 is 0. The van der Waals surface area contributed by atoms with Gasteiger partial charge < -0.3 is 57.7 Å². The molecule has 1 unspecified atom stereocenters. The number of nitrogens with zero attached hydrogens (tertiary/aromatic N) is 3. The van der Waals surface area contributed by atoms with Crippen LogP contribution >= 0.6 is 0 Å². The largest absolute Gasteiger partial charge is 0.480 e. The van der Waals surface area contributed by atoms with Gasteiger partial charge in [0.05, 0.1) is 18.1 Å². The zero-order chi connectivity index (χ0) is 64.1. The Bertz CT molecular complexity index is 2880. The van der Waals surface area contributed by atoms with Crippen molar-refractivity contribution in [3.63, 3.8) is 0 Å². The highest BCUT2D eigenvalue weighted by molar-refractivity contribution is 6.03. The molecule has 2 fully saturated rings. The number of carboxylic acids is 1. The number of halogens is 2. The van der Waals surface area contributed by atoms with Gasteiger partial charge in [-0.25, -0.2) is 18.4 Å². The number of amides is 9. The number of imide groups is 1. The lowest BCUT2D eigenvalue weighted by Crippen LogP contribution is -2.49. The second-order valence-corrected chi connectivity index (χ2v) is 24.6. The van der Waals surface area contributed by atoms with E-state index in [9.17, 15) is 62.5 Å². The minimum atomic E-state index is -1.34. The summed E-state index contributed by atoms with van der Waals surface area (Å²) in [6.07, 6.45) is 5.42. The molecule has 22 nitrogen and oxygen atoms in total. The van der Waals surface area contributed by atoms with Crippen LogP contribution in [0.1, 0.15) is 155 Å². The minimum absolute atomic E-state index is 0.00362. The smallest absolute Gasteiger partial charge is 0.326 e. The molecule has 0 radical (unpaired) electrons. The van der Waals surface area contributed by atoms with Gasteiger partial charge in [-0.1, -0.05) is 78.3 Å². The highest BCUT2D eigenvalue weighted by Gasteiger charge is 2.39. The third-order valence-corrected chi connectivity index (χ3v) is 16.2. The Labute approximate surface area is 508 Å². The van der Waals surface area contributed by atoms with Crippen LogP contribution in [0, 0.1) is 40.7 Å². The zero-order valence-electron chi connectivity index (χ0n) is 51.0. The first-order valence-corrected chi connectivity index (χ1v) is 30.3. The Hall–Kier alpha value is -7.60. The van der Waals surface area contributed by atoms with Crippen LogP contribution in [0.15, 0.2) is 60.8 Å². The fourth-order valence-corrected chi connectivity index (χ4v) is 11.5. The monoisotopic (exact) mass is 1220 g/mol. The number of Topliss-reactive ketones (excluding diaryl/α,β-unsaturated/α-hetero) is 1. The SMILES string of the molecule is CC1CC(=O)N(CCCCCC(=O)N[C@H](C(=O)C[C@@H](CCCNC(N)=O)C(=O)N[C@@H](CCCCNC(=O)[C@@H]2CC[C@H](NC(=O)[C@@H](N)CCN(C(=O)CO)[C@@H](c3cc(-c4cc(F)ccc4F)cn3Cc3ccccc3)C(C)(C)C)C2)C(=O)O)C(C)C)C1=O. The quantitative estimate of drug-likeness (QED) is 0.0265. The van der Waals surface area contributed by atoms with Gasteiger partial charge in [-0.15, -0.1) is 0 Å². The van der Waals surface area contributed by atoms with Crippen molar-refractivity contribution >= 4 is 59.1 Å². The maximum atomic E-state index is 15.2. The third kappa shape index (κ3) is 21.4. The molecule has 3 aromatic rings. The minimum Gasteiger partial charge on any atom is -0.480 e. The van der Waals surface area contributed by atoms with Gasteiger partial charge in [0.15, 0.2) is 5.78 Å². The van der Waals surface area contributed by atoms with Crippen LogP contribution in [-0.2, 0) is 49.7 Å². The summed E-state index contributed by atoms with van der Waals surface area (Å²) < 4.78 is 31.6. The van der Waals surface area contributed by atoms with Crippen LogP contribution in [0.5, 0.6) is 0 Å².